The first-order chi connectivity index (χ1) is 22.2. The third kappa shape index (κ3) is 17.9. The molecule has 0 aromatic rings. The molecule has 0 saturated carbocycles. The van der Waals surface area contributed by atoms with Gasteiger partial charge in [0.2, 0.25) is 0 Å². The summed E-state index contributed by atoms with van der Waals surface area (Å²) in [6.45, 7) is 3.59. The number of aliphatic hydroxyl groups excluding tert-OH is 4. The van der Waals surface area contributed by atoms with E-state index in [1.807, 2.05) is 0 Å². The highest BCUT2D eigenvalue weighted by molar-refractivity contribution is 5.71. The predicted octanol–water partition coefficient (Wildman–Crippen LogP) is 4.25. The molecule has 4 N–H and O–H groups in total. The average molecular weight is 663 g/mol. The molecule has 46 heavy (non-hydrogen) atoms. The third-order valence-electron chi connectivity index (χ3n) is 8.14. The maximum atomic E-state index is 13.0. The van der Waals surface area contributed by atoms with E-state index in [1.165, 1.54) is 38.5 Å². The molecular weight excluding hydrogens is 600 g/mol. The quantitative estimate of drug-likeness (QED) is 0.0559. The van der Waals surface area contributed by atoms with Crippen molar-refractivity contribution in [3.05, 3.63) is 0 Å². The van der Waals surface area contributed by atoms with E-state index in [0.29, 0.717) is 12.8 Å². The molecule has 0 bridgehead atoms. The van der Waals surface area contributed by atoms with Crippen molar-refractivity contribution in [2.75, 3.05) is 19.8 Å². The fraction of sp³-hybridized carbons (Fsp3) is 0.912. The Bertz CT molecular complexity index is 809. The minimum absolute atomic E-state index is 0.0879. The van der Waals surface area contributed by atoms with Crippen LogP contribution in [0.3, 0.4) is 0 Å². The van der Waals surface area contributed by atoms with E-state index in [2.05, 4.69) is 13.8 Å². The maximum Gasteiger partial charge on any atom is 0.306 e. The van der Waals surface area contributed by atoms with Gasteiger partial charge in [0.1, 0.15) is 18.3 Å². The highest BCUT2D eigenvalue weighted by Crippen LogP contribution is 2.30. The van der Waals surface area contributed by atoms with Crippen LogP contribution in [-0.4, -0.2) is 101 Å². The summed E-state index contributed by atoms with van der Waals surface area (Å²) in [5.74, 6) is -1.91. The van der Waals surface area contributed by atoms with Gasteiger partial charge in [-0.15, -0.1) is 0 Å². The number of hydrogen-bond acceptors (Lipinski definition) is 12. The van der Waals surface area contributed by atoms with Gasteiger partial charge in [0, 0.05) is 19.8 Å². The van der Waals surface area contributed by atoms with Gasteiger partial charge in [0.25, 0.3) is 0 Å². The molecule has 1 rings (SSSR count). The Labute approximate surface area is 275 Å². The fourth-order valence-corrected chi connectivity index (χ4v) is 5.41. The van der Waals surface area contributed by atoms with E-state index in [1.54, 1.807) is 0 Å². The van der Waals surface area contributed by atoms with Gasteiger partial charge in [-0.25, -0.2) is 0 Å². The fourth-order valence-electron chi connectivity index (χ4n) is 5.41. The van der Waals surface area contributed by atoms with Crippen LogP contribution in [0.5, 0.6) is 0 Å². The summed E-state index contributed by atoms with van der Waals surface area (Å²) in [7, 11) is 0. The normalized spacial score (nSPS) is 22.6. The second-order valence-electron chi connectivity index (χ2n) is 12.3. The van der Waals surface area contributed by atoms with Crippen molar-refractivity contribution < 1.29 is 58.5 Å². The van der Waals surface area contributed by atoms with Crippen molar-refractivity contribution in [3.63, 3.8) is 0 Å². The van der Waals surface area contributed by atoms with Crippen LogP contribution >= 0.6 is 0 Å². The lowest BCUT2D eigenvalue weighted by molar-refractivity contribution is -0.312. The molecule has 1 fully saturated rings. The van der Waals surface area contributed by atoms with Crippen molar-refractivity contribution in [2.24, 2.45) is 0 Å². The second kappa shape index (κ2) is 26.2. The van der Waals surface area contributed by atoms with Crippen LogP contribution in [-0.2, 0) is 38.1 Å². The zero-order chi connectivity index (χ0) is 34.2. The second-order valence-corrected chi connectivity index (χ2v) is 12.3. The van der Waals surface area contributed by atoms with Gasteiger partial charge in [-0.05, 0) is 12.8 Å². The molecule has 1 aliphatic heterocycles. The molecule has 0 amide bonds. The number of carbonyl (C=O) groups is 3. The molecule has 1 saturated heterocycles. The van der Waals surface area contributed by atoms with Gasteiger partial charge < -0.3 is 44.1 Å². The summed E-state index contributed by atoms with van der Waals surface area (Å²) in [6, 6.07) is 0. The summed E-state index contributed by atoms with van der Waals surface area (Å²) in [4.78, 5) is 38.1. The monoisotopic (exact) mass is 662 g/mol. The van der Waals surface area contributed by atoms with E-state index < -0.39 is 80.6 Å². The number of esters is 3. The van der Waals surface area contributed by atoms with E-state index in [0.717, 1.165) is 58.3 Å². The number of carbonyl (C=O) groups excluding carboxylic acids is 3. The molecule has 0 aromatic heterocycles. The van der Waals surface area contributed by atoms with E-state index in [9.17, 15) is 34.8 Å². The number of ether oxygens (including phenoxy) is 5. The molecule has 0 aliphatic carbocycles. The first kappa shape index (κ1) is 42.2. The lowest BCUT2D eigenvalue weighted by Gasteiger charge is -2.44. The van der Waals surface area contributed by atoms with Crippen molar-refractivity contribution in [1.29, 1.82) is 0 Å². The summed E-state index contributed by atoms with van der Waals surface area (Å²) in [6.07, 6.45) is 6.93. The molecule has 1 aliphatic rings. The van der Waals surface area contributed by atoms with E-state index in [4.69, 9.17) is 23.7 Å². The first-order valence-electron chi connectivity index (χ1n) is 17.6. The minimum atomic E-state index is -1.51. The van der Waals surface area contributed by atoms with Gasteiger partial charge in [-0.3, -0.25) is 14.4 Å². The molecule has 12 nitrogen and oxygen atoms in total. The molecule has 0 aromatic carbocycles. The molecule has 7 atom stereocenters. The Balaban J connectivity index is 3.00. The Morgan fingerprint density at radius 3 is 1.52 bits per heavy atom. The van der Waals surface area contributed by atoms with Gasteiger partial charge in [0.15, 0.2) is 24.6 Å². The number of unbranched alkanes of at least 4 members (excludes halogenated alkanes) is 14. The summed E-state index contributed by atoms with van der Waals surface area (Å²) in [5, 5.41) is 39.2. The van der Waals surface area contributed by atoms with Gasteiger partial charge in [-0.1, -0.05) is 104 Å². The summed E-state index contributed by atoms with van der Waals surface area (Å²) in [5.41, 5.74) is 0. The van der Waals surface area contributed by atoms with Crippen LogP contribution in [0.4, 0.5) is 0 Å². The zero-order valence-electron chi connectivity index (χ0n) is 28.4. The standard InChI is InChI=1S/C34H62O12/c1-4-6-8-10-12-14-16-18-20-29(40)45-32-31(43-25(3)37)28(23-36)44-34(42-24-27(39)26(38)22-35)33(32)46-30(41)21-19-17-15-13-11-9-7-5-2/h26-28,31-36,38-39H,4-24H2,1-3H3/t26-,27+,28+,31+,32-,33-,34+/m0/s1. The van der Waals surface area contributed by atoms with Crippen molar-refractivity contribution in [1.82, 2.24) is 0 Å². The number of hydrogen-bond donors (Lipinski definition) is 4. The van der Waals surface area contributed by atoms with Crippen LogP contribution < -0.4 is 0 Å². The van der Waals surface area contributed by atoms with E-state index >= 15 is 0 Å². The Morgan fingerprint density at radius 2 is 1.09 bits per heavy atom. The topological polar surface area (TPSA) is 178 Å². The Hall–Kier alpha value is -1.83. The lowest BCUT2D eigenvalue weighted by Crippen LogP contribution is -2.63. The molecule has 0 spiro atoms. The van der Waals surface area contributed by atoms with Gasteiger partial charge >= 0.3 is 17.9 Å². The molecule has 0 unspecified atom stereocenters. The van der Waals surface area contributed by atoms with Crippen molar-refractivity contribution in [3.8, 4) is 0 Å². The third-order valence-corrected chi connectivity index (χ3v) is 8.14. The van der Waals surface area contributed by atoms with Crippen molar-refractivity contribution >= 4 is 17.9 Å². The first-order valence-corrected chi connectivity index (χ1v) is 17.6. The summed E-state index contributed by atoms with van der Waals surface area (Å²) >= 11 is 0. The van der Waals surface area contributed by atoms with Crippen LogP contribution in [0.2, 0.25) is 0 Å². The molecule has 1 heterocycles. The highest BCUT2D eigenvalue weighted by atomic mass is 16.7. The molecule has 12 heteroatoms. The number of aliphatic hydroxyl groups is 4. The molecule has 270 valence electrons. The minimum Gasteiger partial charge on any atom is -0.456 e. The van der Waals surface area contributed by atoms with Crippen LogP contribution in [0, 0.1) is 0 Å². The average Bonchev–Trinajstić information content (AvgIpc) is 3.03. The smallest absolute Gasteiger partial charge is 0.306 e. The van der Waals surface area contributed by atoms with Crippen LogP contribution in [0.1, 0.15) is 136 Å². The SMILES string of the molecule is CCCCCCCCCCC(=O)O[C@@H]1[C@H](OC(=O)CCCCCCCCCC)[C@H](OC[C@@H](O)[C@@H](O)CO)O[C@H](CO)[C@H]1OC(C)=O. The molecular formula is C34H62O12. The Kier molecular flexibility index (Phi) is 24.0. The number of rotatable bonds is 27. The largest absolute Gasteiger partial charge is 0.456 e. The highest BCUT2D eigenvalue weighted by Gasteiger charge is 2.52. The van der Waals surface area contributed by atoms with Crippen molar-refractivity contribution in [2.45, 2.75) is 179 Å². The maximum absolute atomic E-state index is 13.0. The lowest BCUT2D eigenvalue weighted by atomic mass is 9.98. The van der Waals surface area contributed by atoms with E-state index in [-0.39, 0.29) is 12.8 Å². The zero-order valence-corrected chi connectivity index (χ0v) is 28.4. The van der Waals surface area contributed by atoms with Crippen LogP contribution in [0.25, 0.3) is 0 Å². The van der Waals surface area contributed by atoms with Crippen LogP contribution in [0.15, 0.2) is 0 Å². The molecule has 0 radical (unpaired) electrons. The Morgan fingerprint density at radius 1 is 0.630 bits per heavy atom. The summed E-state index contributed by atoms with van der Waals surface area (Å²) < 4.78 is 28.4. The predicted molar refractivity (Wildman–Crippen MR) is 171 cm³/mol. The van der Waals surface area contributed by atoms with Gasteiger partial charge in [0.05, 0.1) is 19.8 Å². The van der Waals surface area contributed by atoms with Gasteiger partial charge in [-0.2, -0.15) is 0 Å².